The minimum Gasteiger partial charge on any atom is -0.198 e. The van der Waals surface area contributed by atoms with E-state index < -0.39 is 11.6 Å². The van der Waals surface area contributed by atoms with Gasteiger partial charge in [-0.25, -0.2) is 0 Å². The molecule has 0 radical (unpaired) electrons. The predicted molar refractivity (Wildman–Crippen MR) is 246 cm³/mol. The van der Waals surface area contributed by atoms with Crippen LogP contribution in [0.25, 0.3) is 0 Å². The highest BCUT2D eigenvalue weighted by molar-refractivity contribution is 4.87. The van der Waals surface area contributed by atoms with E-state index in [1.807, 2.05) is 41.5 Å². The van der Waals surface area contributed by atoms with Crippen LogP contribution in [0.5, 0.6) is 0 Å². The molecule has 2 aliphatic carbocycles. The SMILES string of the molecule is C.CC(C)(C)C#N.CC(C)(C)C1CCCC1.CC(C)(C)C1CCCCC1.CC(C)(C)CC(C)(C)C.CC(C)(C)CC(C)(C)C(F)(F)F.CC(C)CC(C)(C)C. The van der Waals surface area contributed by atoms with Gasteiger partial charge in [0.1, 0.15) is 0 Å². The lowest BCUT2D eigenvalue weighted by Gasteiger charge is -2.34. The van der Waals surface area contributed by atoms with E-state index >= 15 is 0 Å². The summed E-state index contributed by atoms with van der Waals surface area (Å²) in [6, 6.07) is 2.10. The van der Waals surface area contributed by atoms with Crippen molar-refractivity contribution >= 4 is 0 Å². The highest BCUT2D eigenvalue weighted by Crippen LogP contribution is 2.45. The van der Waals surface area contributed by atoms with Crippen LogP contribution in [0.15, 0.2) is 0 Å². The fourth-order valence-corrected chi connectivity index (χ4v) is 8.00. The van der Waals surface area contributed by atoms with Gasteiger partial charge in [0, 0.05) is 5.41 Å². The lowest BCUT2D eigenvalue weighted by molar-refractivity contribution is -0.220. The molecule has 55 heavy (non-hydrogen) atoms. The Labute approximate surface area is 348 Å². The van der Waals surface area contributed by atoms with E-state index in [4.69, 9.17) is 5.26 Å². The molecule has 0 aliphatic heterocycles. The molecule has 0 aromatic heterocycles. The lowest BCUT2D eigenvalue weighted by Crippen LogP contribution is -2.35. The van der Waals surface area contributed by atoms with E-state index in [1.165, 1.54) is 84.5 Å². The number of nitrogens with zero attached hydrogens (tertiary/aromatic N) is 1. The molecule has 4 heteroatoms. The van der Waals surface area contributed by atoms with Gasteiger partial charge in [-0.15, -0.1) is 0 Å². The van der Waals surface area contributed by atoms with Gasteiger partial charge in [-0.2, -0.15) is 18.4 Å². The number of alkyl halides is 3. The van der Waals surface area contributed by atoms with E-state index in [-0.39, 0.29) is 24.7 Å². The molecule has 0 aromatic rings. The normalized spacial score (nSPS) is 16.5. The van der Waals surface area contributed by atoms with Crippen molar-refractivity contribution in [1.29, 1.82) is 5.26 Å². The van der Waals surface area contributed by atoms with Crippen LogP contribution >= 0.6 is 0 Å². The number of hydrogen-bond acceptors (Lipinski definition) is 1. The summed E-state index contributed by atoms with van der Waals surface area (Å²) < 4.78 is 37.1. The zero-order valence-corrected chi connectivity index (χ0v) is 41.8. The number of halogens is 3. The third-order valence-corrected chi connectivity index (χ3v) is 9.57. The maximum atomic E-state index is 12.4. The van der Waals surface area contributed by atoms with Crippen LogP contribution in [-0.2, 0) is 0 Å². The summed E-state index contributed by atoms with van der Waals surface area (Å²) >= 11 is 0. The van der Waals surface area contributed by atoms with Gasteiger partial charge in [0.25, 0.3) is 0 Å². The first kappa shape index (κ1) is 63.4. The third kappa shape index (κ3) is 45.8. The maximum Gasteiger partial charge on any atom is 0.393 e. The fraction of sp³-hybridized carbons (Fsp3) is 0.980. The summed E-state index contributed by atoms with van der Waals surface area (Å²) in [5, 5.41) is 8.15. The Balaban J connectivity index is -0.000000183. The van der Waals surface area contributed by atoms with Crippen molar-refractivity contribution in [2.45, 2.75) is 264 Å². The van der Waals surface area contributed by atoms with Crippen molar-refractivity contribution in [1.82, 2.24) is 0 Å². The zero-order chi connectivity index (χ0) is 44.4. The predicted octanol–water partition coefficient (Wildman–Crippen LogP) is 19.6. The molecule has 0 heterocycles. The van der Waals surface area contributed by atoms with Crippen LogP contribution in [0, 0.1) is 72.4 Å². The minimum absolute atomic E-state index is 0. The van der Waals surface area contributed by atoms with Crippen molar-refractivity contribution in [2.75, 3.05) is 0 Å². The molecular formula is C51H106F3N. The Kier molecular flexibility index (Phi) is 29.6. The maximum absolute atomic E-state index is 12.4. The second kappa shape index (κ2) is 25.7. The summed E-state index contributed by atoms with van der Waals surface area (Å²) in [5.41, 5.74) is 0.631. The van der Waals surface area contributed by atoms with E-state index in [0.717, 1.165) is 17.8 Å². The standard InChI is InChI=1S/C10H20.C9H17F3.C9H18.C9H20.C8H18.C5H9N.CH4/c1-10(2,3)9-7-5-4-6-8-9;1-7(2,3)6-8(4,5)9(10,11)12;1-9(2,3)8-6-4-5-7-8;1-8(2,3)7-9(4,5)6;1-7(2)6-8(3,4)5;1-5(2,3)4-6;/h9H,4-8H2,1-3H3;6H2,1-5H3;8H,4-7H2,1-3H3;7H2,1-6H3;7H,6H2,1-5H3;1-3H3;1H4. The molecule has 2 aliphatic rings. The fourth-order valence-electron chi connectivity index (χ4n) is 8.00. The second-order valence-electron chi connectivity index (χ2n) is 26.0. The molecular weight excluding hydrogens is 684 g/mol. The van der Waals surface area contributed by atoms with Gasteiger partial charge in [0.2, 0.25) is 0 Å². The van der Waals surface area contributed by atoms with Crippen LogP contribution in [0.1, 0.15) is 258 Å². The third-order valence-electron chi connectivity index (χ3n) is 9.57. The number of hydrogen-bond donors (Lipinski definition) is 0. The van der Waals surface area contributed by atoms with Gasteiger partial charge in [-0.3, -0.25) is 0 Å². The van der Waals surface area contributed by atoms with Crippen LogP contribution in [0.3, 0.4) is 0 Å². The first-order chi connectivity index (χ1) is 23.4. The summed E-state index contributed by atoms with van der Waals surface area (Å²) in [6.45, 7) is 53.0. The van der Waals surface area contributed by atoms with Gasteiger partial charge in [-0.05, 0) is 116 Å². The van der Waals surface area contributed by atoms with E-state index in [0.29, 0.717) is 27.1 Å². The number of rotatable bonds is 2. The van der Waals surface area contributed by atoms with Crippen molar-refractivity contribution in [3.8, 4) is 6.07 Å². The van der Waals surface area contributed by atoms with Crippen LogP contribution in [0.4, 0.5) is 13.2 Å². The molecule has 0 bridgehead atoms. The van der Waals surface area contributed by atoms with Crippen molar-refractivity contribution in [3.63, 3.8) is 0 Å². The molecule has 2 saturated carbocycles. The molecule has 336 valence electrons. The Bertz CT molecular complexity index is 935. The van der Waals surface area contributed by atoms with E-state index in [9.17, 15) is 13.2 Å². The first-order valence-electron chi connectivity index (χ1n) is 21.8. The molecule has 0 aromatic carbocycles. The molecule has 2 fully saturated rings. The first-order valence-corrected chi connectivity index (χ1v) is 21.8. The summed E-state index contributed by atoms with van der Waals surface area (Å²) in [6.07, 6.45) is 12.0. The Hall–Kier alpha value is -0.720. The van der Waals surface area contributed by atoms with Gasteiger partial charge in [-0.1, -0.05) is 192 Å². The largest absolute Gasteiger partial charge is 0.393 e. The van der Waals surface area contributed by atoms with Crippen LogP contribution in [0.2, 0.25) is 0 Å². The van der Waals surface area contributed by atoms with Gasteiger partial charge >= 0.3 is 6.18 Å². The van der Waals surface area contributed by atoms with Gasteiger partial charge < -0.3 is 0 Å². The zero-order valence-electron chi connectivity index (χ0n) is 41.8. The minimum atomic E-state index is -4.10. The molecule has 0 unspecified atom stereocenters. The summed E-state index contributed by atoms with van der Waals surface area (Å²) in [5.74, 6) is 2.86. The van der Waals surface area contributed by atoms with Crippen molar-refractivity contribution < 1.29 is 13.2 Å². The molecule has 0 spiro atoms. The topological polar surface area (TPSA) is 23.8 Å². The number of nitriles is 1. The second-order valence-corrected chi connectivity index (χ2v) is 26.0. The van der Waals surface area contributed by atoms with Crippen molar-refractivity contribution in [2.24, 2.45) is 61.1 Å². The quantitative estimate of drug-likeness (QED) is 0.273. The Morgan fingerprint density at radius 3 is 0.818 bits per heavy atom. The van der Waals surface area contributed by atoms with Gasteiger partial charge in [0.05, 0.1) is 11.5 Å². The molecule has 0 amide bonds. The Morgan fingerprint density at radius 1 is 0.473 bits per heavy atom. The van der Waals surface area contributed by atoms with E-state index in [1.54, 1.807) is 0 Å². The summed E-state index contributed by atoms with van der Waals surface area (Å²) in [7, 11) is 0. The molecule has 2 rings (SSSR count). The molecule has 0 atom stereocenters. The van der Waals surface area contributed by atoms with Crippen molar-refractivity contribution in [3.05, 3.63) is 0 Å². The van der Waals surface area contributed by atoms with Crippen LogP contribution in [-0.4, -0.2) is 6.18 Å². The molecule has 0 N–H and O–H groups in total. The molecule has 1 nitrogen and oxygen atoms in total. The average Bonchev–Trinajstić information content (AvgIpc) is 3.41. The monoisotopic (exact) mass is 790 g/mol. The highest BCUT2D eigenvalue weighted by atomic mass is 19.4. The average molecular weight is 790 g/mol. The highest BCUT2D eigenvalue weighted by Gasteiger charge is 2.48. The smallest absolute Gasteiger partial charge is 0.198 e. The van der Waals surface area contributed by atoms with E-state index in [2.05, 4.69) is 124 Å². The van der Waals surface area contributed by atoms with Crippen LogP contribution < -0.4 is 0 Å². The van der Waals surface area contributed by atoms with Gasteiger partial charge in [0.15, 0.2) is 0 Å². The molecule has 0 saturated heterocycles. The lowest BCUT2D eigenvalue weighted by atomic mass is 9.72. The Morgan fingerprint density at radius 2 is 0.727 bits per heavy atom. The summed E-state index contributed by atoms with van der Waals surface area (Å²) in [4.78, 5) is 0.